The molecule has 0 aliphatic heterocycles. The Balaban J connectivity index is 2.40. The molecule has 0 radical (unpaired) electrons. The van der Waals surface area contributed by atoms with Crippen LogP contribution in [0.4, 0.5) is 0 Å². The van der Waals surface area contributed by atoms with E-state index in [0.717, 1.165) is 17.8 Å². The predicted molar refractivity (Wildman–Crippen MR) is 73.1 cm³/mol. The van der Waals surface area contributed by atoms with Crippen LogP contribution in [0.5, 0.6) is 0 Å². The zero-order valence-corrected chi connectivity index (χ0v) is 12.3. The van der Waals surface area contributed by atoms with Gasteiger partial charge in [-0.2, -0.15) is 5.10 Å². The highest BCUT2D eigenvalue weighted by Gasteiger charge is 2.20. The minimum atomic E-state index is -1.07. The van der Waals surface area contributed by atoms with Crippen LogP contribution >= 0.6 is 11.6 Å². The van der Waals surface area contributed by atoms with Gasteiger partial charge < -0.3 is 5.11 Å². The van der Waals surface area contributed by atoms with E-state index in [0.29, 0.717) is 23.7 Å². The van der Waals surface area contributed by atoms with Crippen LogP contribution in [-0.2, 0) is 26.4 Å². The van der Waals surface area contributed by atoms with Crippen LogP contribution in [0.15, 0.2) is 0 Å². The van der Waals surface area contributed by atoms with Crippen molar-refractivity contribution >= 4 is 17.6 Å². The normalized spacial score (nSPS) is 11.0. The number of carboxylic acid groups (broad SMARTS) is 1. The van der Waals surface area contributed by atoms with Crippen LogP contribution in [0.25, 0.3) is 0 Å². The molecule has 8 heteroatoms. The van der Waals surface area contributed by atoms with Gasteiger partial charge in [0.1, 0.15) is 0 Å². The van der Waals surface area contributed by atoms with Crippen molar-refractivity contribution in [3.05, 3.63) is 27.8 Å². The summed E-state index contributed by atoms with van der Waals surface area (Å²) in [6.07, 6.45) is 1.27. The first-order valence-electron chi connectivity index (χ1n) is 6.35. The number of aromatic nitrogens is 5. The maximum absolute atomic E-state index is 11.1. The van der Waals surface area contributed by atoms with Gasteiger partial charge in [-0.1, -0.05) is 30.7 Å². The molecule has 2 rings (SSSR count). The standard InChI is InChI=1S/C12H16ClN5O2/c1-4-7-10(13)9(17(3)15-7)6-18-8(5-2)11(12(19)20)14-16-18/h4-6H2,1-3H3,(H,19,20). The van der Waals surface area contributed by atoms with Gasteiger partial charge in [0.05, 0.1) is 28.6 Å². The Morgan fingerprint density at radius 1 is 1.30 bits per heavy atom. The summed E-state index contributed by atoms with van der Waals surface area (Å²) in [7, 11) is 1.81. The third-order valence-corrected chi connectivity index (χ3v) is 3.61. The molecule has 0 amide bonds. The molecule has 2 heterocycles. The lowest BCUT2D eigenvalue weighted by Crippen LogP contribution is -2.11. The monoisotopic (exact) mass is 297 g/mol. The van der Waals surface area contributed by atoms with E-state index in [1.54, 1.807) is 16.4 Å². The molecule has 108 valence electrons. The van der Waals surface area contributed by atoms with E-state index in [-0.39, 0.29) is 5.69 Å². The summed E-state index contributed by atoms with van der Waals surface area (Å²) in [6.45, 7) is 4.20. The lowest BCUT2D eigenvalue weighted by Gasteiger charge is -2.06. The van der Waals surface area contributed by atoms with Crippen molar-refractivity contribution in [3.63, 3.8) is 0 Å². The average Bonchev–Trinajstić information content (AvgIpc) is 2.94. The maximum atomic E-state index is 11.1. The summed E-state index contributed by atoms with van der Waals surface area (Å²) in [6, 6.07) is 0. The molecule has 0 spiro atoms. The molecular weight excluding hydrogens is 282 g/mol. The first kappa shape index (κ1) is 14.5. The molecular formula is C12H16ClN5O2. The predicted octanol–water partition coefficient (Wildman–Crippen LogP) is 1.54. The largest absolute Gasteiger partial charge is 0.476 e. The van der Waals surface area contributed by atoms with Gasteiger partial charge >= 0.3 is 5.97 Å². The Morgan fingerprint density at radius 2 is 2.00 bits per heavy atom. The summed E-state index contributed by atoms with van der Waals surface area (Å²) >= 11 is 6.28. The van der Waals surface area contributed by atoms with Crippen molar-refractivity contribution < 1.29 is 9.90 Å². The van der Waals surface area contributed by atoms with Gasteiger partial charge in [-0.05, 0) is 12.8 Å². The van der Waals surface area contributed by atoms with Gasteiger partial charge in [-0.15, -0.1) is 5.10 Å². The summed E-state index contributed by atoms with van der Waals surface area (Å²) in [5.41, 5.74) is 2.18. The van der Waals surface area contributed by atoms with Crippen LogP contribution < -0.4 is 0 Å². The van der Waals surface area contributed by atoms with E-state index in [9.17, 15) is 4.79 Å². The van der Waals surface area contributed by atoms with Gasteiger partial charge in [0.2, 0.25) is 0 Å². The molecule has 0 aliphatic carbocycles. The van der Waals surface area contributed by atoms with Gasteiger partial charge in [0, 0.05) is 7.05 Å². The summed E-state index contributed by atoms with van der Waals surface area (Å²) < 4.78 is 3.26. The molecule has 7 nitrogen and oxygen atoms in total. The Labute approximate surface area is 121 Å². The van der Waals surface area contributed by atoms with Gasteiger partial charge in [0.15, 0.2) is 5.69 Å². The zero-order chi connectivity index (χ0) is 14.9. The van der Waals surface area contributed by atoms with E-state index in [1.165, 1.54) is 0 Å². The molecule has 2 aromatic rings. The molecule has 0 bridgehead atoms. The summed E-state index contributed by atoms with van der Waals surface area (Å²) in [5, 5.41) is 21.6. The van der Waals surface area contributed by atoms with E-state index in [4.69, 9.17) is 16.7 Å². The average molecular weight is 298 g/mol. The third-order valence-electron chi connectivity index (χ3n) is 3.18. The molecule has 0 saturated heterocycles. The van der Waals surface area contributed by atoms with E-state index < -0.39 is 5.97 Å². The molecule has 2 aromatic heterocycles. The summed E-state index contributed by atoms with van der Waals surface area (Å²) in [4.78, 5) is 11.1. The van der Waals surface area contributed by atoms with E-state index in [1.807, 2.05) is 13.8 Å². The van der Waals surface area contributed by atoms with E-state index >= 15 is 0 Å². The molecule has 0 saturated carbocycles. The fourth-order valence-electron chi connectivity index (χ4n) is 2.11. The fraction of sp³-hybridized carbons (Fsp3) is 0.500. The highest BCUT2D eigenvalue weighted by molar-refractivity contribution is 6.31. The van der Waals surface area contributed by atoms with Gasteiger partial charge in [0.25, 0.3) is 0 Å². The number of carboxylic acids is 1. The number of halogens is 1. The van der Waals surface area contributed by atoms with Crippen molar-refractivity contribution in [1.82, 2.24) is 24.8 Å². The molecule has 1 N–H and O–H groups in total. The third kappa shape index (κ3) is 2.40. The number of hydrogen-bond acceptors (Lipinski definition) is 4. The van der Waals surface area contributed by atoms with Crippen molar-refractivity contribution in [2.75, 3.05) is 0 Å². The number of nitrogens with zero attached hydrogens (tertiary/aromatic N) is 5. The number of aryl methyl sites for hydroxylation is 2. The maximum Gasteiger partial charge on any atom is 0.358 e. The van der Waals surface area contributed by atoms with Crippen LogP contribution in [0, 0.1) is 0 Å². The molecule has 0 aromatic carbocycles. The highest BCUT2D eigenvalue weighted by atomic mass is 35.5. The molecule has 0 unspecified atom stereocenters. The number of carbonyl (C=O) groups is 1. The number of aromatic carboxylic acids is 1. The van der Waals surface area contributed by atoms with Crippen LogP contribution in [-0.4, -0.2) is 35.9 Å². The number of rotatable bonds is 5. The second-order valence-electron chi connectivity index (χ2n) is 4.39. The molecule has 0 fully saturated rings. The second-order valence-corrected chi connectivity index (χ2v) is 4.76. The Hall–Kier alpha value is -1.89. The number of hydrogen-bond donors (Lipinski definition) is 1. The smallest absolute Gasteiger partial charge is 0.358 e. The van der Waals surface area contributed by atoms with E-state index in [2.05, 4.69) is 15.4 Å². The zero-order valence-electron chi connectivity index (χ0n) is 11.6. The molecule has 20 heavy (non-hydrogen) atoms. The molecule has 0 aliphatic rings. The molecule has 0 atom stereocenters. The van der Waals surface area contributed by atoms with Crippen molar-refractivity contribution in [2.24, 2.45) is 7.05 Å². The first-order valence-corrected chi connectivity index (χ1v) is 6.73. The Kier molecular flexibility index (Phi) is 4.08. The first-order chi connectivity index (χ1) is 9.49. The van der Waals surface area contributed by atoms with Crippen LogP contribution in [0.2, 0.25) is 5.02 Å². The minimum Gasteiger partial charge on any atom is -0.476 e. The van der Waals surface area contributed by atoms with Crippen molar-refractivity contribution in [2.45, 2.75) is 33.2 Å². The van der Waals surface area contributed by atoms with Crippen molar-refractivity contribution in [3.8, 4) is 0 Å². The van der Waals surface area contributed by atoms with Crippen LogP contribution in [0.3, 0.4) is 0 Å². The summed E-state index contributed by atoms with van der Waals surface area (Å²) in [5.74, 6) is -1.07. The fourth-order valence-corrected chi connectivity index (χ4v) is 2.46. The van der Waals surface area contributed by atoms with Gasteiger partial charge in [-0.25, -0.2) is 9.48 Å². The van der Waals surface area contributed by atoms with Crippen molar-refractivity contribution in [1.29, 1.82) is 0 Å². The minimum absolute atomic E-state index is 0.0125. The quantitative estimate of drug-likeness (QED) is 0.904. The Morgan fingerprint density at radius 3 is 2.50 bits per heavy atom. The topological polar surface area (TPSA) is 85.8 Å². The van der Waals surface area contributed by atoms with Gasteiger partial charge in [-0.3, -0.25) is 4.68 Å². The highest BCUT2D eigenvalue weighted by Crippen LogP contribution is 2.22. The van der Waals surface area contributed by atoms with Crippen LogP contribution in [0.1, 0.15) is 41.4 Å². The SMILES string of the molecule is CCc1nn(C)c(Cn2nnc(C(=O)O)c2CC)c1Cl. The Bertz CT molecular complexity index is 647. The second kappa shape index (κ2) is 5.62. The lowest BCUT2D eigenvalue weighted by atomic mass is 10.2. The lowest BCUT2D eigenvalue weighted by molar-refractivity contribution is 0.0689.